The number of para-hydroxylation sites is 1. The zero-order valence-electron chi connectivity index (χ0n) is 15.7. The molecule has 0 heterocycles. The molecule has 0 atom stereocenters. The highest BCUT2D eigenvalue weighted by Gasteiger charge is 2.22. The Morgan fingerprint density at radius 1 is 0.923 bits per heavy atom. The van der Waals surface area contributed by atoms with Gasteiger partial charge in [-0.1, -0.05) is 69.2 Å². The lowest BCUT2D eigenvalue weighted by molar-refractivity contribution is -0.384. The van der Waals surface area contributed by atoms with E-state index in [1.54, 1.807) is 0 Å². The molecule has 0 amide bonds. The minimum Gasteiger partial charge on any atom is -0.366 e. The van der Waals surface area contributed by atoms with Gasteiger partial charge in [-0.3, -0.25) is 10.1 Å². The van der Waals surface area contributed by atoms with Crippen molar-refractivity contribution in [3.8, 4) is 0 Å². The zero-order valence-corrected chi connectivity index (χ0v) is 15.7. The Morgan fingerprint density at radius 3 is 2.15 bits per heavy atom. The van der Waals surface area contributed by atoms with Gasteiger partial charge in [0.25, 0.3) is 5.69 Å². The molecule has 2 rings (SSSR count). The Balaban J connectivity index is 2.39. The first-order valence-corrected chi connectivity index (χ1v) is 9.42. The Kier molecular flexibility index (Phi) is 7.87. The van der Waals surface area contributed by atoms with E-state index in [0.717, 1.165) is 50.0 Å². The standard InChI is InChI=1S/C22H28N2O2/c1-3-5-17-23(18-6-4-2)21-14-10-13-20(22(21)24(25)26)16-15-19-11-8-7-9-12-19/h7-16H,3-6,17-18H2,1-2H3. The number of benzene rings is 2. The molecule has 4 heteroatoms. The van der Waals surface area contributed by atoms with Crippen LogP contribution in [-0.2, 0) is 0 Å². The topological polar surface area (TPSA) is 46.4 Å². The van der Waals surface area contributed by atoms with Gasteiger partial charge >= 0.3 is 0 Å². The quantitative estimate of drug-likeness (QED) is 0.292. The lowest BCUT2D eigenvalue weighted by atomic mass is 10.1. The Morgan fingerprint density at radius 2 is 1.58 bits per heavy atom. The first kappa shape index (κ1) is 19.7. The zero-order chi connectivity index (χ0) is 18.8. The summed E-state index contributed by atoms with van der Waals surface area (Å²) in [7, 11) is 0. The van der Waals surface area contributed by atoms with Crippen molar-refractivity contribution in [3.05, 3.63) is 69.8 Å². The van der Waals surface area contributed by atoms with Crippen molar-refractivity contribution in [3.63, 3.8) is 0 Å². The summed E-state index contributed by atoms with van der Waals surface area (Å²) in [6.07, 6.45) is 7.98. The normalized spacial score (nSPS) is 11.0. The Hall–Kier alpha value is -2.62. The average Bonchev–Trinajstić information content (AvgIpc) is 2.67. The highest BCUT2D eigenvalue weighted by molar-refractivity contribution is 5.80. The van der Waals surface area contributed by atoms with Crippen LogP contribution in [0.5, 0.6) is 0 Å². The summed E-state index contributed by atoms with van der Waals surface area (Å²) in [6.45, 7) is 5.99. The second-order valence-electron chi connectivity index (χ2n) is 6.41. The number of hydrogen-bond acceptors (Lipinski definition) is 3. The molecule has 0 bridgehead atoms. The number of unbranched alkanes of at least 4 members (excludes halogenated alkanes) is 2. The molecule has 4 nitrogen and oxygen atoms in total. The first-order chi connectivity index (χ1) is 12.7. The van der Waals surface area contributed by atoms with Crippen LogP contribution in [0.1, 0.15) is 50.7 Å². The van der Waals surface area contributed by atoms with Gasteiger partial charge in [-0.15, -0.1) is 0 Å². The molecule has 0 aromatic heterocycles. The highest BCUT2D eigenvalue weighted by atomic mass is 16.6. The van der Waals surface area contributed by atoms with Crippen LogP contribution in [0.25, 0.3) is 12.2 Å². The second kappa shape index (κ2) is 10.4. The summed E-state index contributed by atoms with van der Waals surface area (Å²) in [5.41, 5.74) is 2.61. The highest BCUT2D eigenvalue weighted by Crippen LogP contribution is 2.33. The van der Waals surface area contributed by atoms with E-state index < -0.39 is 0 Å². The third kappa shape index (κ3) is 5.45. The lowest BCUT2D eigenvalue weighted by Gasteiger charge is -2.24. The first-order valence-electron chi connectivity index (χ1n) is 9.42. The number of hydrogen-bond donors (Lipinski definition) is 0. The molecule has 0 aliphatic carbocycles. The molecule has 0 unspecified atom stereocenters. The molecule has 0 N–H and O–H groups in total. The maximum absolute atomic E-state index is 11.9. The van der Waals surface area contributed by atoms with E-state index in [0.29, 0.717) is 5.56 Å². The molecule has 0 aliphatic rings. The van der Waals surface area contributed by atoms with Crippen LogP contribution >= 0.6 is 0 Å². The van der Waals surface area contributed by atoms with E-state index in [9.17, 15) is 10.1 Å². The molecule has 2 aromatic carbocycles. The SMILES string of the molecule is CCCCN(CCCC)c1cccc(C=Cc2ccccc2)c1[N+](=O)[O-]. The molecule has 0 saturated heterocycles. The number of anilines is 1. The summed E-state index contributed by atoms with van der Waals surface area (Å²) >= 11 is 0. The molecule has 0 saturated carbocycles. The van der Waals surface area contributed by atoms with Crippen LogP contribution < -0.4 is 4.90 Å². The van der Waals surface area contributed by atoms with E-state index in [1.807, 2.05) is 60.7 Å². The summed E-state index contributed by atoms with van der Waals surface area (Å²) < 4.78 is 0. The Labute approximate surface area is 156 Å². The summed E-state index contributed by atoms with van der Waals surface area (Å²) in [5, 5.41) is 11.9. The number of rotatable bonds is 10. The van der Waals surface area contributed by atoms with Crippen molar-refractivity contribution in [1.29, 1.82) is 0 Å². The smallest absolute Gasteiger partial charge is 0.299 e. The van der Waals surface area contributed by atoms with Gasteiger partial charge in [-0.05, 0) is 36.6 Å². The van der Waals surface area contributed by atoms with Gasteiger partial charge in [-0.2, -0.15) is 0 Å². The van der Waals surface area contributed by atoms with E-state index in [2.05, 4.69) is 18.7 Å². The largest absolute Gasteiger partial charge is 0.366 e. The minimum absolute atomic E-state index is 0.201. The van der Waals surface area contributed by atoms with Crippen molar-refractivity contribution in [2.24, 2.45) is 0 Å². The van der Waals surface area contributed by atoms with Gasteiger partial charge in [0.1, 0.15) is 5.69 Å². The predicted molar refractivity (Wildman–Crippen MR) is 110 cm³/mol. The molecule has 0 radical (unpaired) electrons. The molecule has 2 aromatic rings. The van der Waals surface area contributed by atoms with Crippen molar-refractivity contribution in [2.45, 2.75) is 39.5 Å². The summed E-state index contributed by atoms with van der Waals surface area (Å²) in [5.74, 6) is 0. The van der Waals surface area contributed by atoms with Gasteiger partial charge in [0.15, 0.2) is 0 Å². The fraction of sp³-hybridized carbons (Fsp3) is 0.364. The minimum atomic E-state index is -0.245. The number of nitro groups is 1. The average molecular weight is 352 g/mol. The molecule has 0 spiro atoms. The molecule has 26 heavy (non-hydrogen) atoms. The monoisotopic (exact) mass is 352 g/mol. The van der Waals surface area contributed by atoms with E-state index in [1.165, 1.54) is 0 Å². The van der Waals surface area contributed by atoms with Gasteiger partial charge in [0.2, 0.25) is 0 Å². The molecule has 0 fully saturated rings. The van der Waals surface area contributed by atoms with Crippen LogP contribution in [-0.4, -0.2) is 18.0 Å². The lowest BCUT2D eigenvalue weighted by Crippen LogP contribution is -2.26. The maximum atomic E-state index is 11.9. The maximum Gasteiger partial charge on any atom is 0.299 e. The third-order valence-corrected chi connectivity index (χ3v) is 4.39. The summed E-state index contributed by atoms with van der Waals surface area (Å²) in [6, 6.07) is 15.5. The van der Waals surface area contributed by atoms with E-state index in [4.69, 9.17) is 0 Å². The van der Waals surface area contributed by atoms with E-state index >= 15 is 0 Å². The van der Waals surface area contributed by atoms with Crippen molar-refractivity contribution in [1.82, 2.24) is 0 Å². The van der Waals surface area contributed by atoms with Gasteiger partial charge in [0, 0.05) is 13.1 Å². The molecular formula is C22H28N2O2. The van der Waals surface area contributed by atoms with Gasteiger partial charge in [0.05, 0.1) is 10.5 Å². The van der Waals surface area contributed by atoms with Gasteiger partial charge < -0.3 is 4.90 Å². The number of nitro benzene ring substituents is 1. The molecule has 0 aliphatic heterocycles. The van der Waals surface area contributed by atoms with E-state index in [-0.39, 0.29) is 10.6 Å². The van der Waals surface area contributed by atoms with Crippen molar-refractivity contribution < 1.29 is 4.92 Å². The van der Waals surface area contributed by atoms with Crippen LogP contribution in [0.4, 0.5) is 11.4 Å². The van der Waals surface area contributed by atoms with Crippen LogP contribution in [0.2, 0.25) is 0 Å². The fourth-order valence-electron chi connectivity index (χ4n) is 2.94. The van der Waals surface area contributed by atoms with Crippen molar-refractivity contribution in [2.75, 3.05) is 18.0 Å². The molecular weight excluding hydrogens is 324 g/mol. The third-order valence-electron chi connectivity index (χ3n) is 4.39. The Bertz CT molecular complexity index is 718. The van der Waals surface area contributed by atoms with Crippen molar-refractivity contribution >= 4 is 23.5 Å². The van der Waals surface area contributed by atoms with Crippen LogP contribution in [0.3, 0.4) is 0 Å². The van der Waals surface area contributed by atoms with Gasteiger partial charge in [-0.25, -0.2) is 0 Å². The summed E-state index contributed by atoms with van der Waals surface area (Å²) in [4.78, 5) is 13.8. The van der Waals surface area contributed by atoms with Crippen LogP contribution in [0, 0.1) is 10.1 Å². The molecule has 138 valence electrons. The predicted octanol–water partition coefficient (Wildman–Crippen LogP) is 6.17. The fourth-order valence-corrected chi connectivity index (χ4v) is 2.94. The number of nitrogens with zero attached hydrogens (tertiary/aromatic N) is 2. The second-order valence-corrected chi connectivity index (χ2v) is 6.41. The van der Waals surface area contributed by atoms with Crippen LogP contribution in [0.15, 0.2) is 48.5 Å².